The van der Waals surface area contributed by atoms with Crippen molar-refractivity contribution in [2.24, 2.45) is 0 Å². The van der Waals surface area contributed by atoms with Crippen molar-refractivity contribution >= 4 is 15.7 Å². The van der Waals surface area contributed by atoms with E-state index in [1.54, 1.807) is 24.3 Å². The smallest absolute Gasteiger partial charge is 0.249 e. The van der Waals surface area contributed by atoms with E-state index in [-0.39, 0.29) is 11.4 Å². The van der Waals surface area contributed by atoms with E-state index in [2.05, 4.69) is 11.2 Å². The van der Waals surface area contributed by atoms with Gasteiger partial charge in [-0.05, 0) is 42.7 Å². The van der Waals surface area contributed by atoms with Crippen LogP contribution in [-0.2, 0) is 16.6 Å². The number of pyridine rings is 1. The van der Waals surface area contributed by atoms with Gasteiger partial charge in [-0.2, -0.15) is 9.57 Å². The molecular weight excluding hydrogens is 378 g/mol. The van der Waals surface area contributed by atoms with Crippen LogP contribution in [0, 0.1) is 11.3 Å². The zero-order valence-electron chi connectivity index (χ0n) is 15.2. The molecule has 0 spiro atoms. The van der Waals surface area contributed by atoms with E-state index < -0.39 is 15.7 Å². The van der Waals surface area contributed by atoms with Crippen molar-refractivity contribution < 1.29 is 8.42 Å². The molecule has 1 saturated heterocycles. The van der Waals surface area contributed by atoms with Crippen molar-refractivity contribution in [2.75, 3.05) is 13.1 Å². The number of fused-ring (bicyclic) bond motifs is 1. The molecular formula is C19H19N5O3S. The van der Waals surface area contributed by atoms with Crippen LogP contribution in [0.3, 0.4) is 0 Å². The Morgan fingerprint density at radius 1 is 1.11 bits per heavy atom. The summed E-state index contributed by atoms with van der Waals surface area (Å²) >= 11 is 0. The molecule has 1 aliphatic heterocycles. The highest BCUT2D eigenvalue weighted by Gasteiger charge is 2.26. The monoisotopic (exact) mass is 397 g/mol. The summed E-state index contributed by atoms with van der Waals surface area (Å²) in [5.74, 6) is 0. The standard InChI is InChI=1S/C19H19N5O3S/c20-12-15-5-4-6-16(11-15)13-24-19(25)23-14-17(7-8-18(23)21-24)28(26,27)22-9-2-1-3-10-22/h4-8,11,14H,1-3,9-10,13H2. The highest BCUT2D eigenvalue weighted by atomic mass is 32.2. The Kier molecular flexibility index (Phi) is 4.75. The molecule has 0 bridgehead atoms. The number of benzene rings is 1. The van der Waals surface area contributed by atoms with Crippen LogP contribution in [0.4, 0.5) is 0 Å². The average Bonchev–Trinajstić information content (AvgIpc) is 3.03. The maximum Gasteiger partial charge on any atom is 0.350 e. The van der Waals surface area contributed by atoms with Crippen molar-refractivity contribution in [3.8, 4) is 6.07 Å². The second kappa shape index (κ2) is 7.22. The molecule has 0 atom stereocenters. The Bertz CT molecular complexity index is 1230. The van der Waals surface area contributed by atoms with Gasteiger partial charge < -0.3 is 0 Å². The van der Waals surface area contributed by atoms with E-state index in [4.69, 9.17) is 5.26 Å². The van der Waals surface area contributed by atoms with Crippen LogP contribution in [-0.4, -0.2) is 40.0 Å². The zero-order valence-corrected chi connectivity index (χ0v) is 16.0. The van der Waals surface area contributed by atoms with Gasteiger partial charge >= 0.3 is 5.69 Å². The third-order valence-electron chi connectivity index (χ3n) is 4.89. The fourth-order valence-electron chi connectivity index (χ4n) is 3.42. The molecule has 3 heterocycles. The van der Waals surface area contributed by atoms with Crippen LogP contribution < -0.4 is 5.69 Å². The molecule has 0 radical (unpaired) electrons. The van der Waals surface area contributed by atoms with Crippen molar-refractivity contribution in [1.82, 2.24) is 18.5 Å². The number of nitrogens with zero attached hydrogens (tertiary/aromatic N) is 5. The van der Waals surface area contributed by atoms with Gasteiger partial charge in [0, 0.05) is 19.3 Å². The lowest BCUT2D eigenvalue weighted by atomic mass is 10.1. The summed E-state index contributed by atoms with van der Waals surface area (Å²) in [5, 5.41) is 13.3. The number of sulfonamides is 1. The van der Waals surface area contributed by atoms with Gasteiger partial charge in [-0.1, -0.05) is 18.6 Å². The third-order valence-corrected chi connectivity index (χ3v) is 6.77. The van der Waals surface area contributed by atoms with Gasteiger partial charge in [-0.25, -0.2) is 22.3 Å². The van der Waals surface area contributed by atoms with Crippen LogP contribution >= 0.6 is 0 Å². The van der Waals surface area contributed by atoms with Gasteiger partial charge in [-0.3, -0.25) is 0 Å². The molecule has 0 unspecified atom stereocenters. The van der Waals surface area contributed by atoms with E-state index in [9.17, 15) is 13.2 Å². The van der Waals surface area contributed by atoms with E-state index >= 15 is 0 Å². The number of rotatable bonds is 4. The Labute approximate surface area is 162 Å². The van der Waals surface area contributed by atoms with E-state index in [0.717, 1.165) is 24.8 Å². The van der Waals surface area contributed by atoms with Gasteiger partial charge in [0.05, 0.1) is 23.1 Å². The molecule has 0 N–H and O–H groups in total. The Hall–Kier alpha value is -2.96. The zero-order chi connectivity index (χ0) is 19.7. The minimum atomic E-state index is -3.63. The number of aromatic nitrogens is 3. The quantitative estimate of drug-likeness (QED) is 0.665. The van der Waals surface area contributed by atoms with E-state index in [0.29, 0.717) is 24.3 Å². The molecule has 9 heteroatoms. The van der Waals surface area contributed by atoms with E-state index in [1.807, 2.05) is 6.07 Å². The molecule has 28 heavy (non-hydrogen) atoms. The highest BCUT2D eigenvalue weighted by molar-refractivity contribution is 7.89. The van der Waals surface area contributed by atoms with Gasteiger partial charge in [0.15, 0.2) is 5.65 Å². The largest absolute Gasteiger partial charge is 0.350 e. The normalized spacial score (nSPS) is 15.5. The first-order chi connectivity index (χ1) is 13.5. The lowest BCUT2D eigenvalue weighted by Gasteiger charge is -2.25. The van der Waals surface area contributed by atoms with Gasteiger partial charge in [0.2, 0.25) is 10.0 Å². The first-order valence-electron chi connectivity index (χ1n) is 9.07. The van der Waals surface area contributed by atoms with Crippen molar-refractivity contribution in [3.05, 3.63) is 64.2 Å². The molecule has 0 amide bonds. The summed E-state index contributed by atoms with van der Waals surface area (Å²) in [6.45, 7) is 1.21. The molecule has 144 valence electrons. The maximum absolute atomic E-state index is 12.9. The minimum absolute atomic E-state index is 0.0926. The summed E-state index contributed by atoms with van der Waals surface area (Å²) in [5.41, 5.74) is 1.22. The Morgan fingerprint density at radius 3 is 2.64 bits per heavy atom. The fraction of sp³-hybridized carbons (Fsp3) is 0.316. The summed E-state index contributed by atoms with van der Waals surface area (Å²) < 4.78 is 29.7. The number of hydrogen-bond acceptors (Lipinski definition) is 5. The van der Waals surface area contributed by atoms with Crippen molar-refractivity contribution in [2.45, 2.75) is 30.7 Å². The lowest BCUT2D eigenvalue weighted by Crippen LogP contribution is -2.35. The first-order valence-corrected chi connectivity index (χ1v) is 10.5. The minimum Gasteiger partial charge on any atom is -0.249 e. The second-order valence-electron chi connectivity index (χ2n) is 6.81. The fourth-order valence-corrected chi connectivity index (χ4v) is 4.94. The first kappa shape index (κ1) is 18.4. The molecule has 1 aromatic carbocycles. The molecule has 0 aliphatic carbocycles. The van der Waals surface area contributed by atoms with Crippen LogP contribution in [0.25, 0.3) is 5.65 Å². The predicted molar refractivity (Wildman–Crippen MR) is 102 cm³/mol. The molecule has 2 aromatic heterocycles. The number of hydrogen-bond donors (Lipinski definition) is 0. The summed E-state index contributed by atoms with van der Waals surface area (Å²) in [4.78, 5) is 12.8. The number of piperidine rings is 1. The Balaban J connectivity index is 1.70. The molecule has 1 fully saturated rings. The maximum atomic E-state index is 12.9. The Morgan fingerprint density at radius 2 is 1.89 bits per heavy atom. The SMILES string of the molecule is N#Cc1cccc(Cn2nc3ccc(S(=O)(=O)N4CCCCC4)cn3c2=O)c1. The van der Waals surface area contributed by atoms with Crippen LogP contribution in [0.5, 0.6) is 0 Å². The lowest BCUT2D eigenvalue weighted by molar-refractivity contribution is 0.346. The summed E-state index contributed by atoms with van der Waals surface area (Å²) in [7, 11) is -3.63. The molecule has 4 rings (SSSR count). The van der Waals surface area contributed by atoms with Crippen LogP contribution in [0.2, 0.25) is 0 Å². The molecule has 1 aliphatic rings. The van der Waals surface area contributed by atoms with Gasteiger partial charge in [0.1, 0.15) is 0 Å². The topological polar surface area (TPSA) is 100 Å². The average molecular weight is 397 g/mol. The second-order valence-corrected chi connectivity index (χ2v) is 8.75. The van der Waals surface area contributed by atoms with Crippen LogP contribution in [0.15, 0.2) is 52.3 Å². The van der Waals surface area contributed by atoms with Crippen molar-refractivity contribution in [3.63, 3.8) is 0 Å². The van der Waals surface area contributed by atoms with Crippen LogP contribution in [0.1, 0.15) is 30.4 Å². The highest BCUT2D eigenvalue weighted by Crippen LogP contribution is 2.20. The van der Waals surface area contributed by atoms with Gasteiger partial charge in [0.25, 0.3) is 0 Å². The van der Waals surface area contributed by atoms with Crippen molar-refractivity contribution in [1.29, 1.82) is 5.26 Å². The molecule has 3 aromatic rings. The van der Waals surface area contributed by atoms with E-state index in [1.165, 1.54) is 25.7 Å². The van der Waals surface area contributed by atoms with Gasteiger partial charge in [-0.15, -0.1) is 5.10 Å². The predicted octanol–water partition coefficient (Wildman–Crippen LogP) is 1.59. The molecule has 0 saturated carbocycles. The summed E-state index contributed by atoms with van der Waals surface area (Å²) in [6.07, 6.45) is 4.07. The number of nitriles is 1. The summed E-state index contributed by atoms with van der Waals surface area (Å²) in [6, 6.07) is 12.0. The third kappa shape index (κ3) is 3.32. The molecule has 8 nitrogen and oxygen atoms in total.